The van der Waals surface area contributed by atoms with Crippen molar-refractivity contribution < 1.29 is 41.0 Å². The number of benzene rings is 2. The number of hydrogen-bond acceptors (Lipinski definition) is 5. The van der Waals surface area contributed by atoms with E-state index in [0.29, 0.717) is 32.3 Å². The minimum Gasteiger partial charge on any atom is -0.478 e. The quantitative estimate of drug-likeness (QED) is 0.386. The highest BCUT2D eigenvalue weighted by atomic mass is 19.4. The van der Waals surface area contributed by atoms with E-state index in [2.05, 4.69) is 9.88 Å². The van der Waals surface area contributed by atoms with Crippen LogP contribution in [0.1, 0.15) is 39.9 Å². The van der Waals surface area contributed by atoms with Gasteiger partial charge in [0.05, 0.1) is 41.1 Å². The molecule has 6 nitrogen and oxygen atoms in total. The molecule has 1 aromatic heterocycles. The zero-order chi connectivity index (χ0) is 28.7. The third-order valence-electron chi connectivity index (χ3n) is 7.59. The molecule has 2 aliphatic heterocycles. The summed E-state index contributed by atoms with van der Waals surface area (Å²) in [6.45, 7) is 4.15. The third kappa shape index (κ3) is 5.93. The standard InChI is InChI=1S/C28H27F6N3O3/c29-27(30,31)18-3-1-2-17(14-18)25-22(16-36-8-6-20(7-9-36)37-10-12-40-13-11-37)24(26(38)39)21-15-19(28(32,33)34)4-5-23(21)35-25/h1-5,14-15,20H,6-13,16H2,(H,38,39). The van der Waals surface area contributed by atoms with E-state index < -0.39 is 29.4 Å². The highest BCUT2D eigenvalue weighted by Crippen LogP contribution is 2.38. The molecule has 2 saturated heterocycles. The molecule has 0 atom stereocenters. The molecule has 12 heteroatoms. The van der Waals surface area contributed by atoms with Crippen LogP contribution in [-0.2, 0) is 23.6 Å². The Labute approximate surface area is 226 Å². The smallest absolute Gasteiger partial charge is 0.416 e. The minimum atomic E-state index is -4.72. The Balaban J connectivity index is 1.59. The van der Waals surface area contributed by atoms with Crippen molar-refractivity contribution in [1.29, 1.82) is 0 Å². The molecule has 40 heavy (non-hydrogen) atoms. The van der Waals surface area contributed by atoms with Crippen LogP contribution >= 0.6 is 0 Å². The second-order valence-electron chi connectivity index (χ2n) is 10.1. The molecule has 3 heterocycles. The minimum absolute atomic E-state index is 0.00561. The van der Waals surface area contributed by atoms with Gasteiger partial charge in [0.15, 0.2) is 0 Å². The SMILES string of the molecule is O=C(O)c1c(CN2CCC(N3CCOCC3)CC2)c(-c2cccc(C(F)(F)F)c2)nc2ccc(C(F)(F)F)cc12. The summed E-state index contributed by atoms with van der Waals surface area (Å²) in [5.41, 5.74) is -2.28. The summed E-state index contributed by atoms with van der Waals surface area (Å²) >= 11 is 0. The first kappa shape index (κ1) is 28.3. The van der Waals surface area contributed by atoms with E-state index >= 15 is 0 Å². The van der Waals surface area contributed by atoms with E-state index in [9.17, 15) is 36.2 Å². The van der Waals surface area contributed by atoms with Gasteiger partial charge < -0.3 is 9.84 Å². The molecular weight excluding hydrogens is 540 g/mol. The van der Waals surface area contributed by atoms with Crippen LogP contribution < -0.4 is 0 Å². The number of alkyl halides is 6. The predicted molar refractivity (Wildman–Crippen MR) is 135 cm³/mol. The highest BCUT2D eigenvalue weighted by Gasteiger charge is 2.34. The molecule has 0 aliphatic carbocycles. The lowest BCUT2D eigenvalue weighted by molar-refractivity contribution is -0.138. The Morgan fingerprint density at radius 2 is 1.57 bits per heavy atom. The topological polar surface area (TPSA) is 65.9 Å². The number of nitrogens with zero attached hydrogens (tertiary/aromatic N) is 3. The fraction of sp³-hybridized carbons (Fsp3) is 0.429. The van der Waals surface area contributed by atoms with Gasteiger partial charge in [-0.05, 0) is 56.3 Å². The first-order valence-electron chi connectivity index (χ1n) is 12.9. The van der Waals surface area contributed by atoms with Gasteiger partial charge >= 0.3 is 18.3 Å². The van der Waals surface area contributed by atoms with Crippen LogP contribution in [0, 0.1) is 0 Å². The summed E-state index contributed by atoms with van der Waals surface area (Å²) in [6.07, 6.45) is -7.78. The normalized spacial score (nSPS) is 18.4. The van der Waals surface area contributed by atoms with Crippen molar-refractivity contribution in [2.75, 3.05) is 39.4 Å². The maximum atomic E-state index is 13.5. The van der Waals surface area contributed by atoms with Crippen LogP contribution in [0.5, 0.6) is 0 Å². The monoisotopic (exact) mass is 567 g/mol. The Morgan fingerprint density at radius 1 is 0.925 bits per heavy atom. The molecule has 0 radical (unpaired) electrons. The van der Waals surface area contributed by atoms with Crippen molar-refractivity contribution >= 4 is 16.9 Å². The molecular formula is C28H27F6N3O3. The number of fused-ring (bicyclic) bond motifs is 1. The number of halogens is 6. The van der Waals surface area contributed by atoms with E-state index in [0.717, 1.165) is 56.3 Å². The summed E-state index contributed by atoms with van der Waals surface area (Å²) in [7, 11) is 0. The number of aromatic carboxylic acids is 1. The highest BCUT2D eigenvalue weighted by molar-refractivity contribution is 6.06. The Kier molecular flexibility index (Phi) is 7.77. The van der Waals surface area contributed by atoms with Gasteiger partial charge in [-0.3, -0.25) is 9.80 Å². The van der Waals surface area contributed by atoms with Gasteiger partial charge in [0.25, 0.3) is 0 Å². The number of morpholine rings is 1. The van der Waals surface area contributed by atoms with Crippen LogP contribution in [0.25, 0.3) is 22.2 Å². The van der Waals surface area contributed by atoms with Crippen LogP contribution in [0.15, 0.2) is 42.5 Å². The molecule has 0 spiro atoms. The van der Waals surface area contributed by atoms with Crippen molar-refractivity contribution in [3.63, 3.8) is 0 Å². The molecule has 0 saturated carbocycles. The van der Waals surface area contributed by atoms with E-state index in [1.54, 1.807) is 0 Å². The number of ether oxygens (including phenoxy) is 1. The van der Waals surface area contributed by atoms with Gasteiger partial charge in [0.1, 0.15) is 0 Å². The Morgan fingerprint density at radius 3 is 2.20 bits per heavy atom. The Hall–Kier alpha value is -3.22. The average Bonchev–Trinajstić information content (AvgIpc) is 2.92. The van der Waals surface area contributed by atoms with Gasteiger partial charge in [0.2, 0.25) is 0 Å². The summed E-state index contributed by atoms with van der Waals surface area (Å²) in [5.74, 6) is -1.47. The predicted octanol–water partition coefficient (Wildman–Crippen LogP) is 5.93. The molecule has 0 unspecified atom stereocenters. The van der Waals surface area contributed by atoms with Gasteiger partial charge in [0, 0.05) is 42.2 Å². The van der Waals surface area contributed by atoms with Crippen molar-refractivity contribution in [2.24, 2.45) is 0 Å². The third-order valence-corrected chi connectivity index (χ3v) is 7.59. The van der Waals surface area contributed by atoms with Gasteiger partial charge in [-0.1, -0.05) is 12.1 Å². The average molecular weight is 568 g/mol. The number of rotatable bonds is 5. The van der Waals surface area contributed by atoms with Crippen molar-refractivity contribution in [3.8, 4) is 11.3 Å². The first-order valence-corrected chi connectivity index (χ1v) is 12.9. The van der Waals surface area contributed by atoms with Crippen LogP contribution in [0.3, 0.4) is 0 Å². The van der Waals surface area contributed by atoms with E-state index in [-0.39, 0.29) is 39.8 Å². The van der Waals surface area contributed by atoms with Crippen LogP contribution in [-0.4, -0.2) is 71.3 Å². The molecule has 214 valence electrons. The summed E-state index contributed by atoms with van der Waals surface area (Å²) in [5, 5.41) is 10.0. The summed E-state index contributed by atoms with van der Waals surface area (Å²) in [4.78, 5) is 21.4. The number of hydrogen-bond donors (Lipinski definition) is 1. The molecule has 0 amide bonds. The summed E-state index contributed by atoms with van der Waals surface area (Å²) in [6, 6.07) is 7.29. The maximum Gasteiger partial charge on any atom is 0.416 e. The first-order chi connectivity index (χ1) is 18.9. The number of piperidine rings is 1. The van der Waals surface area contributed by atoms with E-state index in [1.807, 2.05) is 4.90 Å². The zero-order valence-corrected chi connectivity index (χ0v) is 21.4. The molecule has 2 aliphatic rings. The van der Waals surface area contributed by atoms with E-state index in [4.69, 9.17) is 4.74 Å². The number of carbonyl (C=O) groups is 1. The van der Waals surface area contributed by atoms with Crippen molar-refractivity contribution in [2.45, 2.75) is 37.8 Å². The lowest BCUT2D eigenvalue weighted by Crippen LogP contribution is -2.48. The molecule has 2 fully saturated rings. The number of pyridine rings is 1. The maximum absolute atomic E-state index is 13.5. The molecule has 0 bridgehead atoms. The van der Waals surface area contributed by atoms with Crippen molar-refractivity contribution in [3.05, 3.63) is 64.7 Å². The number of likely N-dealkylation sites (tertiary alicyclic amines) is 1. The lowest BCUT2D eigenvalue weighted by atomic mass is 9.93. The Bertz CT molecular complexity index is 1390. The molecule has 1 N–H and O–H groups in total. The second kappa shape index (κ2) is 11.0. The number of aromatic nitrogens is 1. The molecule has 2 aromatic carbocycles. The van der Waals surface area contributed by atoms with Crippen LogP contribution in [0.2, 0.25) is 0 Å². The van der Waals surface area contributed by atoms with Crippen molar-refractivity contribution in [1.82, 2.24) is 14.8 Å². The van der Waals surface area contributed by atoms with E-state index in [1.165, 1.54) is 12.1 Å². The second-order valence-corrected chi connectivity index (χ2v) is 10.1. The van der Waals surface area contributed by atoms with Gasteiger partial charge in [-0.25, -0.2) is 9.78 Å². The zero-order valence-electron chi connectivity index (χ0n) is 21.4. The fourth-order valence-electron chi connectivity index (χ4n) is 5.57. The number of carboxylic acids is 1. The fourth-order valence-corrected chi connectivity index (χ4v) is 5.57. The van der Waals surface area contributed by atoms with Crippen LogP contribution in [0.4, 0.5) is 26.3 Å². The molecule has 5 rings (SSSR count). The molecule has 3 aromatic rings. The summed E-state index contributed by atoms with van der Waals surface area (Å²) < 4.78 is 86.5. The number of carboxylic acid groups (broad SMARTS) is 1. The largest absolute Gasteiger partial charge is 0.478 e. The van der Waals surface area contributed by atoms with Gasteiger partial charge in [-0.15, -0.1) is 0 Å². The lowest BCUT2D eigenvalue weighted by Gasteiger charge is -2.40. The van der Waals surface area contributed by atoms with Gasteiger partial charge in [-0.2, -0.15) is 26.3 Å².